The second-order valence-electron chi connectivity index (χ2n) is 6.62. The van der Waals surface area contributed by atoms with E-state index in [1.807, 2.05) is 0 Å². The SMILES string of the molecule is C=C(CCOC1=CC(=O)OC1)CO[Si](C)(C)C(C)(C)C. The number of hydrogen-bond acceptors (Lipinski definition) is 4. The Morgan fingerprint density at radius 1 is 1.45 bits per heavy atom. The molecule has 0 aromatic carbocycles. The van der Waals surface area contributed by atoms with E-state index in [-0.39, 0.29) is 17.6 Å². The van der Waals surface area contributed by atoms with Crippen LogP contribution in [0.5, 0.6) is 0 Å². The summed E-state index contributed by atoms with van der Waals surface area (Å²) in [5.41, 5.74) is 1.01. The molecule has 0 aromatic heterocycles. The summed E-state index contributed by atoms with van der Waals surface area (Å²) in [5, 5.41) is 0.205. The molecule has 0 amide bonds. The van der Waals surface area contributed by atoms with Gasteiger partial charge in [0.1, 0.15) is 12.4 Å². The Balaban J connectivity index is 2.24. The zero-order valence-electron chi connectivity index (χ0n) is 13.2. The monoisotopic (exact) mass is 298 g/mol. The summed E-state index contributed by atoms with van der Waals surface area (Å²) in [6.07, 6.45) is 2.11. The molecule has 1 aliphatic heterocycles. The van der Waals surface area contributed by atoms with Crippen molar-refractivity contribution in [1.82, 2.24) is 0 Å². The number of esters is 1. The summed E-state index contributed by atoms with van der Waals surface area (Å²) in [6, 6.07) is 0. The lowest BCUT2D eigenvalue weighted by molar-refractivity contribution is -0.135. The first-order valence-corrected chi connectivity index (χ1v) is 9.83. The number of rotatable bonds is 7. The summed E-state index contributed by atoms with van der Waals surface area (Å²) in [7, 11) is -1.72. The fourth-order valence-electron chi connectivity index (χ4n) is 1.34. The van der Waals surface area contributed by atoms with Gasteiger partial charge in [-0.15, -0.1) is 0 Å². The summed E-state index contributed by atoms with van der Waals surface area (Å²) >= 11 is 0. The lowest BCUT2D eigenvalue weighted by Gasteiger charge is -2.36. The van der Waals surface area contributed by atoms with E-state index < -0.39 is 8.32 Å². The van der Waals surface area contributed by atoms with E-state index in [2.05, 4.69) is 40.4 Å². The van der Waals surface area contributed by atoms with Gasteiger partial charge in [-0.3, -0.25) is 0 Å². The summed E-state index contributed by atoms with van der Waals surface area (Å²) in [6.45, 7) is 16.4. The number of carbonyl (C=O) groups excluding carboxylic acids is 1. The minimum absolute atomic E-state index is 0.205. The van der Waals surface area contributed by atoms with Crippen molar-refractivity contribution in [1.29, 1.82) is 0 Å². The molecule has 0 aromatic rings. The fraction of sp³-hybridized carbons (Fsp3) is 0.667. The molecule has 1 heterocycles. The summed E-state index contributed by atoms with van der Waals surface area (Å²) in [5.74, 6) is 0.258. The van der Waals surface area contributed by atoms with Crippen molar-refractivity contribution in [3.05, 3.63) is 24.0 Å². The zero-order valence-corrected chi connectivity index (χ0v) is 14.2. The maximum absolute atomic E-state index is 10.8. The highest BCUT2D eigenvalue weighted by Gasteiger charge is 2.37. The molecule has 0 unspecified atom stereocenters. The van der Waals surface area contributed by atoms with Crippen molar-refractivity contribution < 1.29 is 18.7 Å². The van der Waals surface area contributed by atoms with Crippen LogP contribution in [0.2, 0.25) is 18.1 Å². The third kappa shape index (κ3) is 5.13. The molecule has 0 bridgehead atoms. The first kappa shape index (κ1) is 17.0. The van der Waals surface area contributed by atoms with Crippen molar-refractivity contribution in [2.24, 2.45) is 0 Å². The second kappa shape index (κ2) is 6.59. The molecular formula is C15H26O4Si. The van der Waals surface area contributed by atoms with E-state index in [0.29, 0.717) is 19.0 Å². The van der Waals surface area contributed by atoms with Gasteiger partial charge in [0.05, 0.1) is 19.3 Å². The fourth-order valence-corrected chi connectivity index (χ4v) is 2.34. The molecule has 0 spiro atoms. The molecule has 5 heteroatoms. The highest BCUT2D eigenvalue weighted by atomic mass is 28.4. The zero-order chi connectivity index (χ0) is 15.4. The molecule has 0 radical (unpaired) electrons. The van der Waals surface area contributed by atoms with Gasteiger partial charge < -0.3 is 13.9 Å². The Hall–Kier alpha value is -1.07. The molecular weight excluding hydrogens is 272 g/mol. The van der Waals surface area contributed by atoms with Gasteiger partial charge in [0.15, 0.2) is 8.32 Å². The summed E-state index contributed by atoms with van der Waals surface area (Å²) < 4.78 is 16.3. The third-order valence-electron chi connectivity index (χ3n) is 3.82. The van der Waals surface area contributed by atoms with Gasteiger partial charge >= 0.3 is 5.97 Å². The molecule has 20 heavy (non-hydrogen) atoms. The van der Waals surface area contributed by atoms with E-state index in [1.165, 1.54) is 6.08 Å². The molecule has 4 nitrogen and oxygen atoms in total. The smallest absolute Gasteiger partial charge is 0.334 e. The van der Waals surface area contributed by atoms with Crippen LogP contribution in [0, 0.1) is 0 Å². The molecule has 0 atom stereocenters. The van der Waals surface area contributed by atoms with Crippen LogP contribution >= 0.6 is 0 Å². The van der Waals surface area contributed by atoms with Crippen molar-refractivity contribution in [3.8, 4) is 0 Å². The van der Waals surface area contributed by atoms with Gasteiger partial charge in [-0.2, -0.15) is 0 Å². The molecule has 1 aliphatic rings. The van der Waals surface area contributed by atoms with Gasteiger partial charge in [0.2, 0.25) is 0 Å². The molecule has 114 valence electrons. The molecule has 0 N–H and O–H groups in total. The maximum Gasteiger partial charge on any atom is 0.334 e. The average Bonchev–Trinajstić information content (AvgIpc) is 2.71. The Labute approximate surface area is 122 Å². The van der Waals surface area contributed by atoms with Gasteiger partial charge in [-0.1, -0.05) is 27.4 Å². The molecule has 0 fully saturated rings. The van der Waals surface area contributed by atoms with Gasteiger partial charge in [0.25, 0.3) is 0 Å². The van der Waals surface area contributed by atoms with Gasteiger partial charge in [0, 0.05) is 6.42 Å². The van der Waals surface area contributed by atoms with E-state index >= 15 is 0 Å². The predicted molar refractivity (Wildman–Crippen MR) is 81.9 cm³/mol. The van der Waals surface area contributed by atoms with Gasteiger partial charge in [-0.05, 0) is 23.7 Å². The Morgan fingerprint density at radius 3 is 2.60 bits per heavy atom. The highest BCUT2D eigenvalue weighted by Crippen LogP contribution is 2.36. The molecule has 0 saturated carbocycles. The first-order valence-electron chi connectivity index (χ1n) is 6.92. The quantitative estimate of drug-likeness (QED) is 0.410. The van der Waals surface area contributed by atoms with Crippen molar-refractivity contribution >= 4 is 14.3 Å². The van der Waals surface area contributed by atoms with Gasteiger partial charge in [-0.25, -0.2) is 4.79 Å². The normalized spacial score (nSPS) is 15.8. The molecule has 0 aliphatic carbocycles. The topological polar surface area (TPSA) is 44.8 Å². The van der Waals surface area contributed by atoms with Crippen LogP contribution in [0.4, 0.5) is 0 Å². The largest absolute Gasteiger partial charge is 0.494 e. The number of cyclic esters (lactones) is 1. The minimum atomic E-state index is -1.72. The lowest BCUT2D eigenvalue weighted by Crippen LogP contribution is -2.41. The second-order valence-corrected chi connectivity index (χ2v) is 11.4. The Morgan fingerprint density at radius 2 is 2.10 bits per heavy atom. The number of ether oxygens (including phenoxy) is 2. The number of carbonyl (C=O) groups is 1. The molecule has 0 saturated heterocycles. The highest BCUT2D eigenvalue weighted by molar-refractivity contribution is 6.74. The molecule has 1 rings (SSSR count). The standard InChI is InChI=1S/C15H26O4Si/c1-12(10-19-20(5,6)15(2,3)4)7-8-17-13-9-14(16)18-11-13/h9H,1,7-8,10-11H2,2-6H3. The van der Waals surface area contributed by atoms with Crippen LogP contribution in [0.15, 0.2) is 24.0 Å². The minimum Gasteiger partial charge on any atom is -0.494 e. The van der Waals surface area contributed by atoms with Crippen LogP contribution in [0.3, 0.4) is 0 Å². The first-order chi connectivity index (χ1) is 9.12. The Kier molecular flexibility index (Phi) is 5.59. The van der Waals surface area contributed by atoms with E-state index in [9.17, 15) is 4.79 Å². The van der Waals surface area contributed by atoms with E-state index in [1.54, 1.807) is 0 Å². The number of hydrogen-bond donors (Lipinski definition) is 0. The Bertz CT molecular complexity index is 405. The average molecular weight is 298 g/mol. The predicted octanol–water partition coefficient (Wildman–Crippen LogP) is 3.41. The van der Waals surface area contributed by atoms with E-state index in [0.717, 1.165) is 12.0 Å². The van der Waals surface area contributed by atoms with Crippen molar-refractivity contribution in [2.75, 3.05) is 19.8 Å². The third-order valence-corrected chi connectivity index (χ3v) is 8.30. The van der Waals surface area contributed by atoms with Crippen LogP contribution in [-0.2, 0) is 18.7 Å². The van der Waals surface area contributed by atoms with Crippen LogP contribution < -0.4 is 0 Å². The van der Waals surface area contributed by atoms with Crippen LogP contribution in [0.1, 0.15) is 27.2 Å². The lowest BCUT2D eigenvalue weighted by atomic mass is 10.2. The van der Waals surface area contributed by atoms with Crippen LogP contribution in [0.25, 0.3) is 0 Å². The van der Waals surface area contributed by atoms with Crippen molar-refractivity contribution in [2.45, 2.75) is 45.3 Å². The summed E-state index contributed by atoms with van der Waals surface area (Å²) in [4.78, 5) is 10.8. The van der Waals surface area contributed by atoms with E-state index in [4.69, 9.17) is 13.9 Å². The van der Waals surface area contributed by atoms with Crippen molar-refractivity contribution in [3.63, 3.8) is 0 Å². The van der Waals surface area contributed by atoms with Crippen LogP contribution in [-0.4, -0.2) is 34.1 Å². The maximum atomic E-state index is 10.8.